The van der Waals surface area contributed by atoms with Gasteiger partial charge < -0.3 is 9.84 Å². The molecule has 13 heavy (non-hydrogen) atoms. The number of hydrogen-bond acceptors (Lipinski definition) is 4. The highest BCUT2D eigenvalue weighted by molar-refractivity contribution is 5.46. The lowest BCUT2D eigenvalue weighted by atomic mass is 10.2. The first-order valence-corrected chi connectivity index (χ1v) is 3.68. The van der Waals surface area contributed by atoms with Crippen molar-refractivity contribution in [1.29, 1.82) is 0 Å². The molecule has 1 N–H and O–H groups in total. The number of phenolic OH excluding ortho intramolecular Hbond substituents is 1. The summed E-state index contributed by atoms with van der Waals surface area (Å²) in [7, 11) is 1.46. The molecular formula is C9H9NO3. The number of para-hydroxylation sites is 1. The molecule has 68 valence electrons. The molecule has 0 aliphatic carbocycles. The van der Waals surface area contributed by atoms with Crippen molar-refractivity contribution >= 4 is 6.08 Å². The number of benzene rings is 1. The second-order valence-corrected chi connectivity index (χ2v) is 2.38. The topological polar surface area (TPSA) is 58.9 Å². The summed E-state index contributed by atoms with van der Waals surface area (Å²) < 4.78 is 4.88. The molecule has 0 fully saturated rings. The van der Waals surface area contributed by atoms with E-state index in [1.165, 1.54) is 13.2 Å². The van der Waals surface area contributed by atoms with E-state index in [4.69, 9.17) is 4.74 Å². The van der Waals surface area contributed by atoms with Gasteiger partial charge in [-0.05, 0) is 6.07 Å². The Morgan fingerprint density at radius 1 is 1.62 bits per heavy atom. The van der Waals surface area contributed by atoms with E-state index in [0.717, 1.165) is 0 Å². The van der Waals surface area contributed by atoms with Crippen LogP contribution >= 0.6 is 0 Å². The largest absolute Gasteiger partial charge is 0.504 e. The van der Waals surface area contributed by atoms with Crippen molar-refractivity contribution in [2.75, 3.05) is 7.11 Å². The van der Waals surface area contributed by atoms with Gasteiger partial charge in [-0.1, -0.05) is 12.1 Å². The van der Waals surface area contributed by atoms with Gasteiger partial charge in [-0.25, -0.2) is 9.79 Å². The zero-order valence-corrected chi connectivity index (χ0v) is 7.15. The number of aliphatic imine (C=N–C) groups is 1. The van der Waals surface area contributed by atoms with Crippen molar-refractivity contribution in [3.63, 3.8) is 0 Å². The van der Waals surface area contributed by atoms with E-state index in [0.29, 0.717) is 11.3 Å². The van der Waals surface area contributed by atoms with Crippen molar-refractivity contribution in [2.45, 2.75) is 6.54 Å². The van der Waals surface area contributed by atoms with Crippen LogP contribution in [0.15, 0.2) is 23.2 Å². The van der Waals surface area contributed by atoms with Crippen LogP contribution in [0.4, 0.5) is 0 Å². The third-order valence-corrected chi connectivity index (χ3v) is 1.62. The van der Waals surface area contributed by atoms with Crippen LogP contribution in [-0.2, 0) is 11.3 Å². The summed E-state index contributed by atoms with van der Waals surface area (Å²) in [6.45, 7) is 0.118. The first-order chi connectivity index (χ1) is 6.29. The van der Waals surface area contributed by atoms with Crippen LogP contribution in [0, 0.1) is 0 Å². The monoisotopic (exact) mass is 179 g/mol. The smallest absolute Gasteiger partial charge is 0.235 e. The van der Waals surface area contributed by atoms with Gasteiger partial charge in [0.1, 0.15) is 0 Å². The molecule has 0 aliphatic rings. The lowest BCUT2D eigenvalue weighted by Crippen LogP contribution is -1.88. The molecular weight excluding hydrogens is 170 g/mol. The van der Waals surface area contributed by atoms with Crippen LogP contribution in [-0.4, -0.2) is 18.3 Å². The Morgan fingerprint density at radius 3 is 3.00 bits per heavy atom. The number of phenols is 1. The second-order valence-electron chi connectivity index (χ2n) is 2.38. The van der Waals surface area contributed by atoms with Crippen molar-refractivity contribution < 1.29 is 14.6 Å². The maximum absolute atomic E-state index is 9.84. The Balaban J connectivity index is 3.00. The molecule has 1 aromatic rings. The number of nitrogens with zero attached hydrogens (tertiary/aromatic N) is 1. The first-order valence-electron chi connectivity index (χ1n) is 3.68. The minimum absolute atomic E-state index is 0.0176. The van der Waals surface area contributed by atoms with Gasteiger partial charge in [0.25, 0.3) is 0 Å². The van der Waals surface area contributed by atoms with Gasteiger partial charge in [0, 0.05) is 5.56 Å². The number of ether oxygens (including phenoxy) is 1. The summed E-state index contributed by atoms with van der Waals surface area (Å²) in [4.78, 5) is 13.2. The van der Waals surface area contributed by atoms with Crippen LogP contribution in [0.1, 0.15) is 5.56 Å². The van der Waals surface area contributed by atoms with Gasteiger partial charge in [-0.15, -0.1) is 0 Å². The molecule has 0 saturated heterocycles. The lowest BCUT2D eigenvalue weighted by Gasteiger charge is -2.05. The average Bonchev–Trinajstić information content (AvgIpc) is 2.16. The van der Waals surface area contributed by atoms with Gasteiger partial charge in [-0.3, -0.25) is 0 Å². The van der Waals surface area contributed by atoms with Crippen molar-refractivity contribution in [1.82, 2.24) is 0 Å². The predicted molar refractivity (Wildman–Crippen MR) is 46.5 cm³/mol. The van der Waals surface area contributed by atoms with Gasteiger partial charge in [0.15, 0.2) is 11.5 Å². The number of aromatic hydroxyl groups is 1. The number of hydrogen-bond donors (Lipinski definition) is 1. The highest BCUT2D eigenvalue weighted by Crippen LogP contribution is 2.29. The van der Waals surface area contributed by atoms with Crippen LogP contribution in [0.3, 0.4) is 0 Å². The van der Waals surface area contributed by atoms with E-state index in [2.05, 4.69) is 4.99 Å². The molecule has 0 aromatic heterocycles. The molecule has 0 radical (unpaired) electrons. The summed E-state index contributed by atoms with van der Waals surface area (Å²) >= 11 is 0. The number of carbonyl (C=O) groups excluding carboxylic acids is 1. The summed E-state index contributed by atoms with van der Waals surface area (Å²) in [5.74, 6) is 0.391. The molecule has 0 spiro atoms. The Labute approximate surface area is 75.5 Å². The molecule has 4 nitrogen and oxygen atoms in total. The molecule has 0 aliphatic heterocycles. The second kappa shape index (κ2) is 4.28. The lowest BCUT2D eigenvalue weighted by molar-refractivity contribution is 0.370. The third kappa shape index (κ3) is 2.07. The predicted octanol–water partition coefficient (Wildman–Crippen LogP) is 1.24. The fourth-order valence-corrected chi connectivity index (χ4v) is 0.978. The molecule has 0 heterocycles. The number of isocyanates is 1. The summed E-state index contributed by atoms with van der Waals surface area (Å²) in [6.07, 6.45) is 1.40. The SMILES string of the molecule is COc1cccc(CN=C=O)c1O. The molecule has 0 amide bonds. The van der Waals surface area contributed by atoms with Gasteiger partial charge >= 0.3 is 0 Å². The zero-order chi connectivity index (χ0) is 9.68. The average molecular weight is 179 g/mol. The highest BCUT2D eigenvalue weighted by atomic mass is 16.5. The fourth-order valence-electron chi connectivity index (χ4n) is 0.978. The van der Waals surface area contributed by atoms with Crippen molar-refractivity contribution in [3.8, 4) is 11.5 Å². The van der Waals surface area contributed by atoms with Gasteiger partial charge in [0.2, 0.25) is 6.08 Å². The molecule has 0 atom stereocenters. The van der Waals surface area contributed by atoms with E-state index in [-0.39, 0.29) is 12.3 Å². The van der Waals surface area contributed by atoms with Crippen molar-refractivity contribution in [2.24, 2.45) is 4.99 Å². The highest BCUT2D eigenvalue weighted by Gasteiger charge is 2.05. The minimum atomic E-state index is 0.0176. The van der Waals surface area contributed by atoms with E-state index in [9.17, 15) is 9.90 Å². The Bertz CT molecular complexity index is 343. The molecule has 4 heteroatoms. The van der Waals surface area contributed by atoms with Crippen LogP contribution < -0.4 is 4.74 Å². The standard InChI is InChI=1S/C9H9NO3/c1-13-8-4-2-3-7(9(8)12)5-10-6-11/h2-4,12H,5H2,1H3. The summed E-state index contributed by atoms with van der Waals surface area (Å²) in [5, 5.41) is 9.50. The molecule has 0 saturated carbocycles. The van der Waals surface area contributed by atoms with E-state index in [1.807, 2.05) is 0 Å². The summed E-state index contributed by atoms with van der Waals surface area (Å²) in [6, 6.07) is 5.01. The van der Waals surface area contributed by atoms with Crippen LogP contribution in [0.2, 0.25) is 0 Å². The molecule has 0 unspecified atom stereocenters. The van der Waals surface area contributed by atoms with E-state index in [1.54, 1.807) is 18.2 Å². The fraction of sp³-hybridized carbons (Fsp3) is 0.222. The van der Waals surface area contributed by atoms with E-state index < -0.39 is 0 Å². The Hall–Kier alpha value is -1.80. The first kappa shape index (κ1) is 9.29. The maximum atomic E-state index is 9.84. The zero-order valence-electron chi connectivity index (χ0n) is 7.15. The molecule has 0 bridgehead atoms. The number of rotatable bonds is 3. The normalized spacial score (nSPS) is 9.00. The molecule has 1 aromatic carbocycles. The van der Waals surface area contributed by atoms with Crippen LogP contribution in [0.25, 0.3) is 0 Å². The number of methoxy groups -OCH3 is 1. The third-order valence-electron chi connectivity index (χ3n) is 1.62. The van der Waals surface area contributed by atoms with Gasteiger partial charge in [0.05, 0.1) is 13.7 Å². The Kier molecular flexibility index (Phi) is 3.06. The minimum Gasteiger partial charge on any atom is -0.504 e. The maximum Gasteiger partial charge on any atom is 0.235 e. The summed E-state index contributed by atoms with van der Waals surface area (Å²) in [5.41, 5.74) is 0.544. The van der Waals surface area contributed by atoms with Gasteiger partial charge in [-0.2, -0.15) is 0 Å². The quantitative estimate of drug-likeness (QED) is 0.561. The Morgan fingerprint density at radius 2 is 2.38 bits per heavy atom. The van der Waals surface area contributed by atoms with Crippen LogP contribution in [0.5, 0.6) is 11.5 Å². The van der Waals surface area contributed by atoms with Crippen molar-refractivity contribution in [3.05, 3.63) is 23.8 Å². The molecule has 1 rings (SSSR count). The van der Waals surface area contributed by atoms with E-state index >= 15 is 0 Å².